The molecule has 0 spiro atoms. The van der Waals surface area contributed by atoms with Gasteiger partial charge in [-0.1, -0.05) is 11.8 Å². The minimum Gasteiger partial charge on any atom is -0.235 e. The first-order chi connectivity index (χ1) is 5.22. The number of thiazole rings is 1. The molecule has 1 aromatic heterocycles. The maximum absolute atomic E-state index is 8.51. The Bertz CT molecular complexity index is 274. The van der Waals surface area contributed by atoms with Crippen LogP contribution in [0.2, 0.25) is 0 Å². The standard InChI is InChI=1S/C7H8N2S2/c1-5-4-10-7(9-5)11-6(2)3-8/h4,6H,1-2H3. The summed E-state index contributed by atoms with van der Waals surface area (Å²) in [6, 6.07) is 2.15. The van der Waals surface area contributed by atoms with Gasteiger partial charge in [0.25, 0.3) is 0 Å². The Morgan fingerprint density at radius 2 is 2.55 bits per heavy atom. The molecule has 0 saturated heterocycles. The van der Waals surface area contributed by atoms with Gasteiger partial charge in [0.05, 0.1) is 11.3 Å². The molecule has 4 heteroatoms. The maximum atomic E-state index is 8.51. The van der Waals surface area contributed by atoms with E-state index in [1.54, 1.807) is 11.3 Å². The number of hydrogen-bond donors (Lipinski definition) is 0. The molecule has 0 radical (unpaired) electrons. The summed E-state index contributed by atoms with van der Waals surface area (Å²) < 4.78 is 0.983. The molecule has 1 unspecified atom stereocenters. The summed E-state index contributed by atoms with van der Waals surface area (Å²) >= 11 is 3.10. The highest BCUT2D eigenvalue weighted by Crippen LogP contribution is 2.25. The van der Waals surface area contributed by atoms with E-state index in [1.807, 2.05) is 19.2 Å². The molecule has 1 aromatic rings. The second kappa shape index (κ2) is 3.74. The summed E-state index contributed by atoms with van der Waals surface area (Å²) in [7, 11) is 0. The first-order valence-electron chi connectivity index (χ1n) is 3.21. The Balaban J connectivity index is 2.59. The summed E-state index contributed by atoms with van der Waals surface area (Å²) in [5, 5.41) is 10.5. The fourth-order valence-corrected chi connectivity index (χ4v) is 2.44. The quantitative estimate of drug-likeness (QED) is 0.662. The lowest BCUT2D eigenvalue weighted by atomic mass is 10.5. The molecule has 0 N–H and O–H groups in total. The van der Waals surface area contributed by atoms with Crippen LogP contribution in [-0.4, -0.2) is 10.2 Å². The van der Waals surface area contributed by atoms with Crippen molar-refractivity contribution in [3.63, 3.8) is 0 Å². The average Bonchev–Trinajstić information content (AvgIpc) is 2.35. The first kappa shape index (κ1) is 8.57. The van der Waals surface area contributed by atoms with Gasteiger partial charge in [-0.15, -0.1) is 11.3 Å². The molecule has 0 aliphatic heterocycles. The van der Waals surface area contributed by atoms with E-state index in [-0.39, 0.29) is 5.25 Å². The highest BCUT2D eigenvalue weighted by atomic mass is 32.2. The van der Waals surface area contributed by atoms with Crippen molar-refractivity contribution in [1.29, 1.82) is 5.26 Å². The smallest absolute Gasteiger partial charge is 0.151 e. The second-order valence-corrected chi connectivity index (χ2v) is 4.59. The number of nitrogens with zero attached hydrogens (tertiary/aromatic N) is 2. The molecule has 1 rings (SSSR count). The molecule has 11 heavy (non-hydrogen) atoms. The summed E-state index contributed by atoms with van der Waals surface area (Å²) in [5.41, 5.74) is 1.03. The molecule has 0 aromatic carbocycles. The Morgan fingerprint density at radius 3 is 3.00 bits per heavy atom. The van der Waals surface area contributed by atoms with Crippen LogP contribution in [0.25, 0.3) is 0 Å². The van der Waals surface area contributed by atoms with Crippen molar-refractivity contribution < 1.29 is 0 Å². The Morgan fingerprint density at radius 1 is 1.82 bits per heavy atom. The molecule has 1 atom stereocenters. The number of aryl methyl sites for hydroxylation is 1. The van der Waals surface area contributed by atoms with Gasteiger partial charge in [-0.25, -0.2) is 4.98 Å². The van der Waals surface area contributed by atoms with E-state index in [0.717, 1.165) is 10.0 Å². The van der Waals surface area contributed by atoms with Gasteiger partial charge < -0.3 is 0 Å². The Hall–Kier alpha value is -0.530. The van der Waals surface area contributed by atoms with E-state index in [0.29, 0.717) is 0 Å². The number of aromatic nitrogens is 1. The van der Waals surface area contributed by atoms with Crippen molar-refractivity contribution in [1.82, 2.24) is 4.98 Å². The van der Waals surface area contributed by atoms with Gasteiger partial charge >= 0.3 is 0 Å². The van der Waals surface area contributed by atoms with E-state index >= 15 is 0 Å². The van der Waals surface area contributed by atoms with Crippen LogP contribution in [0.3, 0.4) is 0 Å². The third kappa shape index (κ3) is 2.52. The van der Waals surface area contributed by atoms with Gasteiger partial charge in [0.1, 0.15) is 0 Å². The fourth-order valence-electron chi connectivity index (χ4n) is 0.564. The predicted molar refractivity (Wildman–Crippen MR) is 47.8 cm³/mol. The Kier molecular flexibility index (Phi) is 2.92. The zero-order chi connectivity index (χ0) is 8.27. The van der Waals surface area contributed by atoms with Crippen LogP contribution in [-0.2, 0) is 0 Å². The van der Waals surface area contributed by atoms with Crippen LogP contribution in [0.4, 0.5) is 0 Å². The number of rotatable bonds is 2. The van der Waals surface area contributed by atoms with Crippen molar-refractivity contribution in [3.8, 4) is 6.07 Å². The van der Waals surface area contributed by atoms with E-state index in [2.05, 4.69) is 11.1 Å². The van der Waals surface area contributed by atoms with Crippen molar-refractivity contribution in [3.05, 3.63) is 11.1 Å². The monoisotopic (exact) mass is 184 g/mol. The molecule has 2 nitrogen and oxygen atoms in total. The molecule has 0 bridgehead atoms. The molecule has 0 saturated carbocycles. The SMILES string of the molecule is Cc1csc(SC(C)C#N)n1. The van der Waals surface area contributed by atoms with Crippen LogP contribution < -0.4 is 0 Å². The van der Waals surface area contributed by atoms with Gasteiger partial charge in [-0.3, -0.25) is 0 Å². The van der Waals surface area contributed by atoms with Crippen molar-refractivity contribution in [2.45, 2.75) is 23.4 Å². The van der Waals surface area contributed by atoms with Gasteiger partial charge in [0.15, 0.2) is 4.34 Å². The zero-order valence-electron chi connectivity index (χ0n) is 6.37. The van der Waals surface area contributed by atoms with Crippen LogP contribution in [0.15, 0.2) is 9.72 Å². The zero-order valence-corrected chi connectivity index (χ0v) is 8.00. The lowest BCUT2D eigenvalue weighted by molar-refractivity contribution is 1.14. The summed E-state index contributed by atoms with van der Waals surface area (Å²) in [4.78, 5) is 4.23. The average molecular weight is 184 g/mol. The molecule has 0 amide bonds. The van der Waals surface area contributed by atoms with Crippen LogP contribution in [0.5, 0.6) is 0 Å². The number of thioether (sulfide) groups is 1. The fraction of sp³-hybridized carbons (Fsp3) is 0.429. The van der Waals surface area contributed by atoms with Crippen molar-refractivity contribution in [2.24, 2.45) is 0 Å². The molecule has 0 aliphatic carbocycles. The van der Waals surface area contributed by atoms with Gasteiger partial charge in [0.2, 0.25) is 0 Å². The normalized spacial score (nSPS) is 12.5. The topological polar surface area (TPSA) is 36.7 Å². The highest BCUT2D eigenvalue weighted by Gasteiger charge is 2.04. The largest absolute Gasteiger partial charge is 0.235 e. The highest BCUT2D eigenvalue weighted by molar-refractivity contribution is 8.01. The van der Waals surface area contributed by atoms with Crippen LogP contribution >= 0.6 is 23.1 Å². The molecule has 0 aliphatic rings. The Labute approximate surface area is 74.3 Å². The van der Waals surface area contributed by atoms with Gasteiger partial charge in [-0.05, 0) is 13.8 Å². The third-order valence-electron chi connectivity index (χ3n) is 1.06. The van der Waals surface area contributed by atoms with E-state index in [4.69, 9.17) is 5.26 Å². The third-order valence-corrected chi connectivity index (χ3v) is 3.14. The summed E-state index contributed by atoms with van der Waals surface area (Å²) in [5.74, 6) is 0. The number of nitriles is 1. The van der Waals surface area contributed by atoms with Crippen LogP contribution in [0, 0.1) is 18.3 Å². The second-order valence-electron chi connectivity index (χ2n) is 2.14. The molecule has 58 valence electrons. The van der Waals surface area contributed by atoms with Gasteiger partial charge in [0, 0.05) is 11.1 Å². The molecular formula is C7H8N2S2. The summed E-state index contributed by atoms with van der Waals surface area (Å²) in [6.45, 7) is 3.83. The predicted octanol–water partition coefficient (Wildman–Crippen LogP) is 2.46. The van der Waals surface area contributed by atoms with Crippen molar-refractivity contribution in [2.75, 3.05) is 0 Å². The van der Waals surface area contributed by atoms with E-state index in [1.165, 1.54) is 11.8 Å². The van der Waals surface area contributed by atoms with Crippen LogP contribution in [0.1, 0.15) is 12.6 Å². The van der Waals surface area contributed by atoms with Crippen molar-refractivity contribution >= 4 is 23.1 Å². The number of hydrogen-bond acceptors (Lipinski definition) is 4. The molecular weight excluding hydrogens is 176 g/mol. The maximum Gasteiger partial charge on any atom is 0.151 e. The first-order valence-corrected chi connectivity index (χ1v) is 4.96. The molecule has 0 fully saturated rings. The van der Waals surface area contributed by atoms with E-state index in [9.17, 15) is 0 Å². The minimum atomic E-state index is 0.000509. The summed E-state index contributed by atoms with van der Waals surface area (Å²) in [6.07, 6.45) is 0. The van der Waals surface area contributed by atoms with Gasteiger partial charge in [-0.2, -0.15) is 5.26 Å². The minimum absolute atomic E-state index is 0.000509. The van der Waals surface area contributed by atoms with E-state index < -0.39 is 0 Å². The lowest BCUT2D eigenvalue weighted by Crippen LogP contribution is -1.88. The molecule has 1 heterocycles. The lowest BCUT2D eigenvalue weighted by Gasteiger charge is -1.94.